The number of likely N-dealkylation sites (N-methyl/N-ethyl adjacent to an activating group) is 1. The number of fused-ring (bicyclic) bond motifs is 1. The minimum Gasteiger partial charge on any atom is -0.390 e. The molecule has 1 aromatic rings. The zero-order valence-corrected chi connectivity index (χ0v) is 12.3. The Labute approximate surface area is 123 Å². The maximum atomic E-state index is 5.84. The van der Waals surface area contributed by atoms with E-state index >= 15 is 0 Å². The quantitative estimate of drug-likeness (QED) is 0.769. The lowest BCUT2D eigenvalue weighted by atomic mass is 10.1. The first-order chi connectivity index (χ1) is 9.63. The van der Waals surface area contributed by atoms with Crippen LogP contribution in [0.1, 0.15) is 12.0 Å². The van der Waals surface area contributed by atoms with Gasteiger partial charge in [-0.25, -0.2) is 0 Å². The number of aliphatic imine (C=N–C) groups is 1. The van der Waals surface area contributed by atoms with E-state index in [0.717, 1.165) is 42.3 Å². The molecule has 2 aliphatic heterocycles. The number of thioether (sulfide) groups is 1. The average molecular weight is 289 g/mol. The number of rotatable bonds is 2. The molecule has 0 spiro atoms. The highest BCUT2D eigenvalue weighted by atomic mass is 32.2. The van der Waals surface area contributed by atoms with Gasteiger partial charge in [0, 0.05) is 31.5 Å². The molecule has 0 radical (unpaired) electrons. The molecule has 0 fully saturated rings. The van der Waals surface area contributed by atoms with Gasteiger partial charge in [0.05, 0.1) is 5.69 Å². The molecule has 2 heterocycles. The summed E-state index contributed by atoms with van der Waals surface area (Å²) in [5.74, 6) is 1.69. The second kappa shape index (κ2) is 5.28. The highest BCUT2D eigenvalue weighted by Crippen LogP contribution is 2.36. The summed E-state index contributed by atoms with van der Waals surface area (Å²) in [7, 11) is 2.10. The summed E-state index contributed by atoms with van der Waals surface area (Å²) in [5, 5.41) is 3.78. The van der Waals surface area contributed by atoms with Crippen LogP contribution in [0.4, 0.5) is 5.69 Å². The van der Waals surface area contributed by atoms with E-state index in [9.17, 15) is 0 Å². The van der Waals surface area contributed by atoms with Crippen LogP contribution >= 0.6 is 11.8 Å². The molecule has 106 valence electrons. The summed E-state index contributed by atoms with van der Waals surface area (Å²) in [6.07, 6.45) is 2.00. The highest BCUT2D eigenvalue weighted by Gasteiger charge is 2.16. The molecule has 6 heteroatoms. The third-order valence-corrected chi connectivity index (χ3v) is 4.56. The Morgan fingerprint density at radius 2 is 2.25 bits per heavy atom. The maximum Gasteiger partial charge on any atom is 0.131 e. The number of hydrogen-bond donors (Lipinski definition) is 3. The van der Waals surface area contributed by atoms with Crippen LogP contribution in [0.2, 0.25) is 0 Å². The molecule has 2 aliphatic rings. The van der Waals surface area contributed by atoms with Crippen LogP contribution in [0.5, 0.6) is 0 Å². The summed E-state index contributed by atoms with van der Waals surface area (Å²) in [6, 6.07) is 6.35. The van der Waals surface area contributed by atoms with Crippen LogP contribution in [0.15, 0.2) is 38.9 Å². The third-order valence-electron chi connectivity index (χ3n) is 3.55. The smallest absolute Gasteiger partial charge is 0.131 e. The van der Waals surface area contributed by atoms with E-state index in [2.05, 4.69) is 40.5 Å². The first-order valence-corrected chi connectivity index (χ1v) is 7.52. The summed E-state index contributed by atoms with van der Waals surface area (Å²) in [6.45, 7) is 2.02. The van der Waals surface area contributed by atoms with Crippen LogP contribution in [0, 0.1) is 0 Å². The normalized spacial score (nSPS) is 18.4. The fourth-order valence-electron chi connectivity index (χ4n) is 2.39. The molecular formula is C14H19N5S. The molecule has 0 saturated carbocycles. The number of hydrogen-bond acceptors (Lipinski definition) is 6. The van der Waals surface area contributed by atoms with Gasteiger partial charge < -0.3 is 21.7 Å². The van der Waals surface area contributed by atoms with Gasteiger partial charge in [-0.3, -0.25) is 4.99 Å². The molecule has 0 saturated heterocycles. The summed E-state index contributed by atoms with van der Waals surface area (Å²) in [5.41, 5.74) is 13.9. The van der Waals surface area contributed by atoms with Crippen molar-refractivity contribution >= 4 is 23.3 Å². The van der Waals surface area contributed by atoms with Gasteiger partial charge in [-0.05, 0) is 24.1 Å². The van der Waals surface area contributed by atoms with Crippen LogP contribution in [-0.2, 0) is 6.42 Å². The van der Waals surface area contributed by atoms with Crippen molar-refractivity contribution in [3.05, 3.63) is 34.6 Å². The second-order valence-corrected chi connectivity index (χ2v) is 6.17. The molecule has 0 unspecified atom stereocenters. The van der Waals surface area contributed by atoms with Crippen LogP contribution in [-0.4, -0.2) is 30.9 Å². The van der Waals surface area contributed by atoms with Crippen molar-refractivity contribution in [3.8, 4) is 0 Å². The predicted octanol–water partition coefficient (Wildman–Crippen LogP) is 1.52. The van der Waals surface area contributed by atoms with Crippen molar-refractivity contribution < 1.29 is 0 Å². The molecule has 0 aliphatic carbocycles. The van der Waals surface area contributed by atoms with E-state index in [1.165, 1.54) is 17.3 Å². The van der Waals surface area contributed by atoms with Crippen LogP contribution in [0.25, 0.3) is 0 Å². The number of amidine groups is 1. The molecule has 0 atom stereocenters. The van der Waals surface area contributed by atoms with Gasteiger partial charge in [0.25, 0.3) is 0 Å². The van der Waals surface area contributed by atoms with Gasteiger partial charge in [0.15, 0.2) is 0 Å². The summed E-state index contributed by atoms with van der Waals surface area (Å²) in [4.78, 5) is 7.95. The standard InChI is InChI=1S/C14H19N5S/c1-19-6-2-5-17-12(19)8-9-3-4-11-10(7-9)18-13(15)14(16)20-11/h3-4,7,18H,2,5-6,8,15-16H2,1H3. The second-order valence-electron chi connectivity index (χ2n) is 5.09. The molecular weight excluding hydrogens is 270 g/mol. The first-order valence-electron chi connectivity index (χ1n) is 6.71. The zero-order valence-electron chi connectivity index (χ0n) is 11.5. The fourth-order valence-corrected chi connectivity index (χ4v) is 3.15. The monoisotopic (exact) mass is 289 g/mol. The van der Waals surface area contributed by atoms with Crippen molar-refractivity contribution in [2.75, 3.05) is 25.5 Å². The first kappa shape index (κ1) is 13.2. The summed E-state index contributed by atoms with van der Waals surface area (Å²) >= 11 is 1.50. The Balaban J connectivity index is 1.81. The minimum atomic E-state index is 0.534. The Kier molecular flexibility index (Phi) is 3.48. The molecule has 3 rings (SSSR count). The highest BCUT2D eigenvalue weighted by molar-refractivity contribution is 8.03. The van der Waals surface area contributed by atoms with E-state index in [4.69, 9.17) is 11.5 Å². The van der Waals surface area contributed by atoms with Crippen LogP contribution in [0.3, 0.4) is 0 Å². The van der Waals surface area contributed by atoms with Gasteiger partial charge in [0.2, 0.25) is 0 Å². The van der Waals surface area contributed by atoms with Gasteiger partial charge >= 0.3 is 0 Å². The maximum absolute atomic E-state index is 5.84. The predicted molar refractivity (Wildman–Crippen MR) is 84.6 cm³/mol. The SMILES string of the molecule is CN1CCCN=C1Cc1ccc2c(c1)NC(N)=C(N)S2. The number of benzene rings is 1. The third kappa shape index (κ3) is 2.56. The molecule has 0 aromatic heterocycles. The molecule has 5 N–H and O–H groups in total. The topological polar surface area (TPSA) is 79.7 Å². The molecule has 0 bridgehead atoms. The van der Waals surface area contributed by atoms with Crippen molar-refractivity contribution in [3.63, 3.8) is 0 Å². The molecule has 1 aromatic carbocycles. The number of anilines is 1. The van der Waals surface area contributed by atoms with E-state index in [1.54, 1.807) is 0 Å². The van der Waals surface area contributed by atoms with Gasteiger partial charge in [0.1, 0.15) is 16.7 Å². The van der Waals surface area contributed by atoms with Gasteiger partial charge in [-0.1, -0.05) is 17.8 Å². The van der Waals surface area contributed by atoms with Gasteiger partial charge in [-0.2, -0.15) is 0 Å². The average Bonchev–Trinajstić information content (AvgIpc) is 2.43. The Hall–Kier alpha value is -1.82. The molecule has 5 nitrogen and oxygen atoms in total. The number of nitrogens with zero attached hydrogens (tertiary/aromatic N) is 2. The Morgan fingerprint density at radius 3 is 3.05 bits per heavy atom. The number of nitrogens with one attached hydrogen (secondary N) is 1. The Morgan fingerprint density at radius 1 is 1.40 bits per heavy atom. The lowest BCUT2D eigenvalue weighted by molar-refractivity contribution is 0.459. The van der Waals surface area contributed by atoms with Crippen molar-refractivity contribution in [1.29, 1.82) is 0 Å². The molecule has 0 amide bonds. The lowest BCUT2D eigenvalue weighted by Gasteiger charge is -2.26. The largest absolute Gasteiger partial charge is 0.390 e. The zero-order chi connectivity index (χ0) is 14.1. The molecule has 20 heavy (non-hydrogen) atoms. The van der Waals surface area contributed by atoms with Crippen LogP contribution < -0.4 is 16.8 Å². The van der Waals surface area contributed by atoms with E-state index in [-0.39, 0.29) is 0 Å². The fraction of sp³-hybridized carbons (Fsp3) is 0.357. The number of nitrogens with two attached hydrogens (primary N) is 2. The van der Waals surface area contributed by atoms with Crippen molar-refractivity contribution in [2.45, 2.75) is 17.7 Å². The minimum absolute atomic E-state index is 0.534. The van der Waals surface area contributed by atoms with Crippen molar-refractivity contribution in [2.24, 2.45) is 16.5 Å². The van der Waals surface area contributed by atoms with Gasteiger partial charge in [-0.15, -0.1) is 0 Å². The Bertz CT molecular complexity index is 593. The summed E-state index contributed by atoms with van der Waals surface area (Å²) < 4.78 is 0. The van der Waals surface area contributed by atoms with E-state index in [0.29, 0.717) is 10.9 Å². The van der Waals surface area contributed by atoms with Crippen molar-refractivity contribution in [1.82, 2.24) is 4.90 Å². The lowest BCUT2D eigenvalue weighted by Crippen LogP contribution is -2.33. The van der Waals surface area contributed by atoms with E-state index < -0.39 is 0 Å². The van der Waals surface area contributed by atoms with E-state index in [1.807, 2.05) is 0 Å².